The zero-order valence-electron chi connectivity index (χ0n) is 17.9. The van der Waals surface area contributed by atoms with E-state index in [2.05, 4.69) is 10.4 Å². The van der Waals surface area contributed by atoms with Gasteiger partial charge in [-0.05, 0) is 58.0 Å². The van der Waals surface area contributed by atoms with Gasteiger partial charge in [0.1, 0.15) is 5.75 Å². The Hall–Kier alpha value is -3.68. The van der Waals surface area contributed by atoms with Crippen molar-refractivity contribution in [3.8, 4) is 5.75 Å². The Bertz CT molecular complexity index is 1150. The number of esters is 1. The summed E-state index contributed by atoms with van der Waals surface area (Å²) in [6.07, 6.45) is -1.07. The fourth-order valence-corrected chi connectivity index (χ4v) is 3.02. The number of anilines is 1. The molecule has 0 spiro atoms. The summed E-state index contributed by atoms with van der Waals surface area (Å²) in [6.45, 7) is 7.50. The number of aromatic nitrogens is 2. The molecule has 0 radical (unpaired) electrons. The van der Waals surface area contributed by atoms with E-state index in [1.807, 2.05) is 6.92 Å². The van der Waals surface area contributed by atoms with E-state index >= 15 is 0 Å². The molecule has 0 bridgehead atoms. The van der Waals surface area contributed by atoms with E-state index in [-0.39, 0.29) is 17.3 Å². The molecule has 1 N–H and O–H groups in total. The number of nitrogens with one attached hydrogen (secondary N) is 1. The van der Waals surface area contributed by atoms with Crippen molar-refractivity contribution in [1.29, 1.82) is 0 Å². The Kier molecular flexibility index (Phi) is 6.69. The lowest BCUT2D eigenvalue weighted by atomic mass is 10.1. The molecule has 0 aliphatic rings. The molecule has 8 nitrogen and oxygen atoms in total. The monoisotopic (exact) mass is 423 g/mol. The van der Waals surface area contributed by atoms with Gasteiger partial charge in [0.2, 0.25) is 0 Å². The predicted octanol–water partition coefficient (Wildman–Crippen LogP) is 3.56. The minimum Gasteiger partial charge on any atom is -0.494 e. The molecule has 0 fully saturated rings. The van der Waals surface area contributed by atoms with Gasteiger partial charge in [-0.25, -0.2) is 9.48 Å². The molecule has 8 heteroatoms. The summed E-state index contributed by atoms with van der Waals surface area (Å²) >= 11 is 0. The van der Waals surface area contributed by atoms with Gasteiger partial charge in [-0.1, -0.05) is 18.2 Å². The molecule has 162 valence electrons. The van der Waals surface area contributed by atoms with Gasteiger partial charge in [-0.15, -0.1) is 0 Å². The third-order valence-electron chi connectivity index (χ3n) is 4.60. The first-order chi connectivity index (χ1) is 14.8. The summed E-state index contributed by atoms with van der Waals surface area (Å²) in [5.74, 6) is -0.572. The Balaban J connectivity index is 1.79. The quantitative estimate of drug-likeness (QED) is 0.584. The molecule has 1 heterocycles. The number of hydrogen-bond acceptors (Lipinski definition) is 6. The first-order valence-corrected chi connectivity index (χ1v) is 10.1. The molecule has 0 aliphatic heterocycles. The van der Waals surface area contributed by atoms with Crippen molar-refractivity contribution < 1.29 is 19.1 Å². The van der Waals surface area contributed by atoms with Crippen molar-refractivity contribution in [1.82, 2.24) is 9.78 Å². The van der Waals surface area contributed by atoms with E-state index in [1.54, 1.807) is 62.4 Å². The second-order valence-corrected chi connectivity index (χ2v) is 7.23. The van der Waals surface area contributed by atoms with E-state index in [9.17, 15) is 14.4 Å². The number of hydrogen-bond donors (Lipinski definition) is 1. The van der Waals surface area contributed by atoms with E-state index < -0.39 is 18.0 Å². The van der Waals surface area contributed by atoms with E-state index in [4.69, 9.17) is 9.47 Å². The van der Waals surface area contributed by atoms with Gasteiger partial charge in [-0.3, -0.25) is 9.59 Å². The fourth-order valence-electron chi connectivity index (χ4n) is 3.02. The third kappa shape index (κ3) is 4.91. The highest BCUT2D eigenvalue weighted by molar-refractivity contribution is 6.03. The van der Waals surface area contributed by atoms with Crippen LogP contribution in [0.15, 0.2) is 53.3 Å². The number of nitrogens with zero attached hydrogens (tertiary/aromatic N) is 2. The summed E-state index contributed by atoms with van der Waals surface area (Å²) in [5.41, 5.74) is 0.251. The lowest BCUT2D eigenvalue weighted by Gasteiger charge is -2.16. The first kappa shape index (κ1) is 22.0. The molecule has 2 aromatic carbocycles. The Morgan fingerprint density at radius 3 is 2.29 bits per heavy atom. The van der Waals surface area contributed by atoms with Crippen LogP contribution in [0.5, 0.6) is 5.75 Å². The topological polar surface area (TPSA) is 99.5 Å². The molecule has 1 amide bonds. The summed E-state index contributed by atoms with van der Waals surface area (Å²) in [7, 11) is 0. The maximum atomic E-state index is 12.8. The van der Waals surface area contributed by atoms with Crippen LogP contribution in [-0.4, -0.2) is 34.4 Å². The zero-order valence-corrected chi connectivity index (χ0v) is 17.9. The average molecular weight is 423 g/mol. The highest BCUT2D eigenvalue weighted by atomic mass is 16.5. The van der Waals surface area contributed by atoms with Crippen molar-refractivity contribution in [2.75, 3.05) is 11.9 Å². The molecule has 31 heavy (non-hydrogen) atoms. The van der Waals surface area contributed by atoms with Crippen LogP contribution in [-0.2, 0) is 9.53 Å². The molecule has 0 aliphatic carbocycles. The van der Waals surface area contributed by atoms with Gasteiger partial charge in [0.25, 0.3) is 11.5 Å². The standard InChI is InChI=1S/C23H25N3O5/c1-5-30-17-12-10-16(11-13-17)24-21(27)15(4)31-23(29)20-18-8-6-7-9-19(18)22(28)26(25-20)14(2)3/h6-15H,5H2,1-4H3,(H,24,27). The van der Waals surface area contributed by atoms with Gasteiger partial charge in [-0.2, -0.15) is 5.10 Å². The number of ether oxygens (including phenoxy) is 2. The SMILES string of the molecule is CCOc1ccc(NC(=O)C(C)OC(=O)c2nn(C(C)C)c(=O)c3ccccc23)cc1. The van der Waals surface area contributed by atoms with Crippen LogP contribution in [0.1, 0.15) is 44.2 Å². The Morgan fingerprint density at radius 1 is 1.03 bits per heavy atom. The summed E-state index contributed by atoms with van der Waals surface area (Å²) in [4.78, 5) is 37.9. The molecule has 1 atom stereocenters. The van der Waals surface area contributed by atoms with Crippen LogP contribution in [0.3, 0.4) is 0 Å². The number of benzene rings is 2. The smallest absolute Gasteiger partial charge is 0.360 e. The molecule has 3 rings (SSSR count). The van der Waals surface area contributed by atoms with Gasteiger partial charge in [0.15, 0.2) is 11.8 Å². The lowest BCUT2D eigenvalue weighted by Crippen LogP contribution is -2.32. The summed E-state index contributed by atoms with van der Waals surface area (Å²) in [6, 6.07) is 13.3. The molecule has 1 unspecified atom stereocenters. The maximum absolute atomic E-state index is 12.8. The predicted molar refractivity (Wildman–Crippen MR) is 118 cm³/mol. The largest absolute Gasteiger partial charge is 0.494 e. The third-order valence-corrected chi connectivity index (χ3v) is 4.60. The van der Waals surface area contributed by atoms with Crippen molar-refractivity contribution in [2.45, 2.75) is 39.8 Å². The van der Waals surface area contributed by atoms with Crippen LogP contribution < -0.4 is 15.6 Å². The van der Waals surface area contributed by atoms with Crippen molar-refractivity contribution in [2.24, 2.45) is 0 Å². The number of rotatable bonds is 7. The second kappa shape index (κ2) is 9.42. The molecular formula is C23H25N3O5. The molecule has 3 aromatic rings. The molecule has 0 saturated heterocycles. The number of carbonyl (C=O) groups excluding carboxylic acids is 2. The fraction of sp³-hybridized carbons (Fsp3) is 0.304. The van der Waals surface area contributed by atoms with Gasteiger partial charge in [0.05, 0.1) is 18.0 Å². The van der Waals surface area contributed by atoms with Crippen LogP contribution in [0.4, 0.5) is 5.69 Å². The summed E-state index contributed by atoms with van der Waals surface area (Å²) < 4.78 is 12.0. The van der Waals surface area contributed by atoms with Gasteiger partial charge in [0, 0.05) is 11.1 Å². The highest BCUT2D eigenvalue weighted by Gasteiger charge is 2.24. The highest BCUT2D eigenvalue weighted by Crippen LogP contribution is 2.18. The number of amides is 1. The van der Waals surface area contributed by atoms with Crippen LogP contribution in [0, 0.1) is 0 Å². The zero-order chi connectivity index (χ0) is 22.5. The number of fused-ring (bicyclic) bond motifs is 1. The normalized spacial score (nSPS) is 11.9. The Labute approximate surface area is 179 Å². The maximum Gasteiger partial charge on any atom is 0.360 e. The minimum absolute atomic E-state index is 0.00961. The number of carbonyl (C=O) groups is 2. The molecular weight excluding hydrogens is 398 g/mol. The van der Waals surface area contributed by atoms with E-state index in [1.165, 1.54) is 11.6 Å². The van der Waals surface area contributed by atoms with Gasteiger partial charge >= 0.3 is 5.97 Å². The van der Waals surface area contributed by atoms with E-state index in [0.717, 1.165) is 0 Å². The Morgan fingerprint density at radius 2 is 1.68 bits per heavy atom. The second-order valence-electron chi connectivity index (χ2n) is 7.23. The van der Waals surface area contributed by atoms with Crippen molar-refractivity contribution >= 4 is 28.3 Å². The lowest BCUT2D eigenvalue weighted by molar-refractivity contribution is -0.123. The van der Waals surface area contributed by atoms with Crippen molar-refractivity contribution in [3.05, 3.63) is 64.6 Å². The van der Waals surface area contributed by atoms with E-state index in [0.29, 0.717) is 28.8 Å². The first-order valence-electron chi connectivity index (χ1n) is 10.1. The van der Waals surface area contributed by atoms with Crippen LogP contribution in [0.25, 0.3) is 10.8 Å². The minimum atomic E-state index is -1.07. The van der Waals surface area contributed by atoms with Crippen molar-refractivity contribution in [3.63, 3.8) is 0 Å². The average Bonchev–Trinajstić information content (AvgIpc) is 2.75. The van der Waals surface area contributed by atoms with Crippen LogP contribution in [0.2, 0.25) is 0 Å². The van der Waals surface area contributed by atoms with Crippen LogP contribution >= 0.6 is 0 Å². The summed E-state index contributed by atoms with van der Waals surface area (Å²) in [5, 5.41) is 7.65. The molecule has 1 aromatic heterocycles. The molecule has 0 saturated carbocycles. The van der Waals surface area contributed by atoms with Gasteiger partial charge < -0.3 is 14.8 Å².